The van der Waals surface area contributed by atoms with Gasteiger partial charge in [-0.05, 0) is 21.3 Å². The van der Waals surface area contributed by atoms with Gasteiger partial charge in [0.05, 0.1) is 12.9 Å². The summed E-state index contributed by atoms with van der Waals surface area (Å²) in [6.45, 7) is 0.0794. The third kappa shape index (κ3) is 4.76. The Balaban J connectivity index is 2.85. The minimum absolute atomic E-state index is 0.0794. The van der Waals surface area contributed by atoms with Crippen LogP contribution in [0, 0.1) is 0 Å². The fourth-order valence-corrected chi connectivity index (χ4v) is 1.80. The van der Waals surface area contributed by atoms with Crippen molar-refractivity contribution in [1.29, 1.82) is 0 Å². The van der Waals surface area contributed by atoms with Gasteiger partial charge < -0.3 is 0 Å². The lowest BCUT2D eigenvalue weighted by Gasteiger charge is -2.05. The second-order valence-corrected chi connectivity index (χ2v) is 5.32. The summed E-state index contributed by atoms with van der Waals surface area (Å²) >= 11 is 2.11. The minimum atomic E-state index is -3.38. The van der Waals surface area contributed by atoms with Gasteiger partial charge in [-0.15, -0.1) is 0 Å². The lowest BCUT2D eigenvalue weighted by atomic mass is 10.1. The van der Waals surface area contributed by atoms with Gasteiger partial charge in [0.25, 0.3) is 10.1 Å². The van der Waals surface area contributed by atoms with Crippen LogP contribution in [0.5, 0.6) is 0 Å². The van der Waals surface area contributed by atoms with E-state index in [0.717, 1.165) is 17.4 Å². The monoisotopic (exact) mass is 338 g/mol. The average molecular weight is 338 g/mol. The summed E-state index contributed by atoms with van der Waals surface area (Å²) in [7, 11) is -3.38. The van der Waals surface area contributed by atoms with Gasteiger partial charge in [0, 0.05) is 0 Å². The van der Waals surface area contributed by atoms with E-state index in [2.05, 4.69) is 22.6 Å². The van der Waals surface area contributed by atoms with Gasteiger partial charge in [0.15, 0.2) is 0 Å². The van der Waals surface area contributed by atoms with Gasteiger partial charge in [0.2, 0.25) is 0 Å². The van der Waals surface area contributed by atoms with Crippen LogP contribution in [0.25, 0.3) is 6.08 Å². The first kappa shape index (κ1) is 12.7. The van der Waals surface area contributed by atoms with Crippen molar-refractivity contribution in [2.75, 3.05) is 6.26 Å². The fourth-order valence-electron chi connectivity index (χ4n) is 1.07. The molecule has 0 N–H and O–H groups in total. The summed E-state index contributed by atoms with van der Waals surface area (Å²) in [4.78, 5) is 0. The highest BCUT2D eigenvalue weighted by atomic mass is 127. The summed E-state index contributed by atoms with van der Waals surface area (Å²) < 4.78 is 28.3. The van der Waals surface area contributed by atoms with Gasteiger partial charge in [-0.3, -0.25) is 4.18 Å². The zero-order chi connectivity index (χ0) is 11.3. The molecule has 5 heteroatoms. The van der Waals surface area contributed by atoms with E-state index in [-0.39, 0.29) is 6.61 Å². The van der Waals surface area contributed by atoms with E-state index in [9.17, 15) is 8.42 Å². The van der Waals surface area contributed by atoms with Crippen molar-refractivity contribution in [2.24, 2.45) is 0 Å². The van der Waals surface area contributed by atoms with Crippen LogP contribution in [0.2, 0.25) is 0 Å². The lowest BCUT2D eigenvalue weighted by molar-refractivity contribution is 0.311. The zero-order valence-corrected chi connectivity index (χ0v) is 11.2. The molecule has 1 aromatic carbocycles. The van der Waals surface area contributed by atoms with Crippen molar-refractivity contribution in [3.8, 4) is 0 Å². The van der Waals surface area contributed by atoms with E-state index >= 15 is 0 Å². The van der Waals surface area contributed by atoms with Crippen LogP contribution in [0.15, 0.2) is 28.3 Å². The van der Waals surface area contributed by atoms with Crippen LogP contribution in [0.1, 0.15) is 11.1 Å². The first-order valence-electron chi connectivity index (χ1n) is 4.22. The molecule has 0 aliphatic rings. The van der Waals surface area contributed by atoms with E-state index in [1.807, 2.05) is 34.4 Å². The van der Waals surface area contributed by atoms with Gasteiger partial charge in [-0.2, -0.15) is 8.42 Å². The quantitative estimate of drug-likeness (QED) is 0.626. The Morgan fingerprint density at radius 2 is 2.07 bits per heavy atom. The Labute approximate surface area is 103 Å². The Bertz CT molecular complexity index is 451. The molecule has 0 radical (unpaired) electrons. The molecule has 0 atom stereocenters. The van der Waals surface area contributed by atoms with Crippen LogP contribution in [-0.4, -0.2) is 14.7 Å². The Hall–Kier alpha value is -0.400. The van der Waals surface area contributed by atoms with Crippen LogP contribution in [0.3, 0.4) is 0 Å². The van der Waals surface area contributed by atoms with Gasteiger partial charge >= 0.3 is 0 Å². The minimum Gasteiger partial charge on any atom is -0.265 e. The van der Waals surface area contributed by atoms with Crippen molar-refractivity contribution in [1.82, 2.24) is 0 Å². The van der Waals surface area contributed by atoms with Gasteiger partial charge in [0.1, 0.15) is 0 Å². The standard InChI is InChI=1S/C10H11IO3S/c1-15(12,13)14-8-10-5-3-2-4-9(10)6-7-11/h2-7H,8H2,1H3/b7-6+. The molecule has 1 rings (SSSR count). The molecule has 0 amide bonds. The average Bonchev–Trinajstić information content (AvgIpc) is 2.16. The summed E-state index contributed by atoms with van der Waals surface area (Å²) in [5.74, 6) is 0. The lowest BCUT2D eigenvalue weighted by Crippen LogP contribution is -2.03. The SMILES string of the molecule is CS(=O)(=O)OCc1ccccc1/C=C/I. The summed E-state index contributed by atoms with van der Waals surface area (Å²) in [6, 6.07) is 7.51. The molecule has 0 fully saturated rings. The third-order valence-corrected chi connectivity index (χ3v) is 2.63. The predicted molar refractivity (Wildman–Crippen MR) is 69.1 cm³/mol. The molecule has 0 unspecified atom stereocenters. The molecular weight excluding hydrogens is 327 g/mol. The van der Waals surface area contributed by atoms with Crippen LogP contribution >= 0.6 is 22.6 Å². The van der Waals surface area contributed by atoms with Crippen LogP contribution in [0.4, 0.5) is 0 Å². The maximum Gasteiger partial charge on any atom is 0.264 e. The summed E-state index contributed by atoms with van der Waals surface area (Å²) in [5, 5.41) is 0. The topological polar surface area (TPSA) is 43.4 Å². The molecule has 82 valence electrons. The molecule has 15 heavy (non-hydrogen) atoms. The molecule has 0 aliphatic carbocycles. The molecule has 0 saturated heterocycles. The molecule has 3 nitrogen and oxygen atoms in total. The van der Waals surface area contributed by atoms with E-state index in [1.54, 1.807) is 0 Å². The summed E-state index contributed by atoms with van der Waals surface area (Å²) in [6.07, 6.45) is 2.95. The molecule has 1 aromatic rings. The summed E-state index contributed by atoms with van der Waals surface area (Å²) in [5.41, 5.74) is 1.83. The zero-order valence-electron chi connectivity index (χ0n) is 8.18. The molecule has 0 aliphatic heterocycles. The van der Waals surface area contributed by atoms with Crippen molar-refractivity contribution >= 4 is 38.8 Å². The highest BCUT2D eigenvalue weighted by Crippen LogP contribution is 2.13. The molecule has 0 aromatic heterocycles. The molecule has 0 bridgehead atoms. The van der Waals surface area contributed by atoms with Crippen LogP contribution in [-0.2, 0) is 20.9 Å². The van der Waals surface area contributed by atoms with E-state index in [1.165, 1.54) is 0 Å². The normalized spacial score (nSPS) is 12.1. The highest BCUT2D eigenvalue weighted by Gasteiger charge is 2.04. The Kier molecular flexibility index (Phi) is 4.75. The third-order valence-electron chi connectivity index (χ3n) is 1.73. The maximum absolute atomic E-state index is 10.8. The predicted octanol–water partition coefficient (Wildman–Crippen LogP) is 2.57. The molecular formula is C10H11IO3S. The smallest absolute Gasteiger partial charge is 0.264 e. The largest absolute Gasteiger partial charge is 0.265 e. The van der Waals surface area contributed by atoms with E-state index in [0.29, 0.717) is 0 Å². The number of hydrogen-bond acceptors (Lipinski definition) is 3. The second-order valence-electron chi connectivity index (χ2n) is 2.96. The Morgan fingerprint density at radius 1 is 1.40 bits per heavy atom. The number of hydrogen-bond donors (Lipinski definition) is 0. The molecule has 0 spiro atoms. The van der Waals surface area contributed by atoms with Gasteiger partial charge in [-0.25, -0.2) is 0 Å². The Morgan fingerprint density at radius 3 is 2.67 bits per heavy atom. The van der Waals surface area contributed by atoms with Crippen molar-refractivity contribution < 1.29 is 12.6 Å². The number of halogens is 1. The van der Waals surface area contributed by atoms with Crippen molar-refractivity contribution in [3.63, 3.8) is 0 Å². The molecule has 0 heterocycles. The first-order chi connectivity index (χ1) is 7.03. The van der Waals surface area contributed by atoms with Crippen molar-refractivity contribution in [3.05, 3.63) is 39.5 Å². The number of rotatable bonds is 4. The van der Waals surface area contributed by atoms with Crippen LogP contribution < -0.4 is 0 Å². The van der Waals surface area contributed by atoms with E-state index < -0.39 is 10.1 Å². The number of benzene rings is 1. The fraction of sp³-hybridized carbons (Fsp3) is 0.200. The molecule has 0 saturated carbocycles. The van der Waals surface area contributed by atoms with Gasteiger partial charge in [-0.1, -0.05) is 46.9 Å². The second kappa shape index (κ2) is 5.62. The first-order valence-corrected chi connectivity index (χ1v) is 7.28. The highest BCUT2D eigenvalue weighted by molar-refractivity contribution is 14.1. The van der Waals surface area contributed by atoms with E-state index in [4.69, 9.17) is 4.18 Å². The van der Waals surface area contributed by atoms with Crippen molar-refractivity contribution in [2.45, 2.75) is 6.61 Å². The maximum atomic E-state index is 10.8.